The Hall–Kier alpha value is -2.10. The molecule has 0 spiro atoms. The Morgan fingerprint density at radius 2 is 2.11 bits per heavy atom. The molecule has 0 radical (unpaired) electrons. The zero-order valence-electron chi connectivity index (χ0n) is 10.3. The second-order valence-corrected chi connectivity index (χ2v) is 4.04. The number of unbranched alkanes of at least 4 members (excludes halogenated alkanes) is 1. The van der Waals surface area contributed by atoms with Gasteiger partial charge in [-0.1, -0.05) is 48.8 Å². The summed E-state index contributed by atoms with van der Waals surface area (Å²) in [5.41, 5.74) is 1.34. The van der Waals surface area contributed by atoms with E-state index in [2.05, 4.69) is 17.4 Å². The smallest absolute Gasteiger partial charge is 0.256 e. The third-order valence-electron chi connectivity index (χ3n) is 2.67. The minimum atomic E-state index is -0.136. The van der Waals surface area contributed by atoms with Crippen molar-refractivity contribution in [3.63, 3.8) is 0 Å². The molecular weight excluding hydrogens is 228 g/mol. The van der Waals surface area contributed by atoms with Crippen LogP contribution in [0.5, 0.6) is 0 Å². The number of nitrogens with zero attached hydrogens (tertiary/aromatic N) is 1. The summed E-state index contributed by atoms with van der Waals surface area (Å²) in [4.78, 5) is 12.0. The van der Waals surface area contributed by atoms with Gasteiger partial charge in [0.15, 0.2) is 5.76 Å². The van der Waals surface area contributed by atoms with Gasteiger partial charge in [-0.25, -0.2) is 0 Å². The number of benzene rings is 1. The second-order valence-electron chi connectivity index (χ2n) is 4.04. The third kappa shape index (κ3) is 2.77. The summed E-state index contributed by atoms with van der Waals surface area (Å²) in [5, 5.41) is 6.57. The van der Waals surface area contributed by atoms with Crippen LogP contribution in [0.25, 0.3) is 11.3 Å². The van der Waals surface area contributed by atoms with E-state index in [1.807, 2.05) is 30.3 Å². The van der Waals surface area contributed by atoms with Crippen molar-refractivity contribution in [1.29, 1.82) is 0 Å². The van der Waals surface area contributed by atoms with Crippen molar-refractivity contribution in [1.82, 2.24) is 10.5 Å². The van der Waals surface area contributed by atoms with Crippen molar-refractivity contribution in [2.45, 2.75) is 19.8 Å². The van der Waals surface area contributed by atoms with Gasteiger partial charge >= 0.3 is 0 Å². The Balaban J connectivity index is 2.15. The van der Waals surface area contributed by atoms with Crippen LogP contribution in [-0.4, -0.2) is 17.6 Å². The third-order valence-corrected chi connectivity index (χ3v) is 2.67. The lowest BCUT2D eigenvalue weighted by Crippen LogP contribution is -2.24. The topological polar surface area (TPSA) is 55.1 Å². The van der Waals surface area contributed by atoms with E-state index in [1.54, 1.807) is 0 Å². The maximum Gasteiger partial charge on any atom is 0.256 e. The van der Waals surface area contributed by atoms with Gasteiger partial charge in [-0.2, -0.15) is 0 Å². The molecule has 4 nitrogen and oxygen atoms in total. The Bertz CT molecular complexity index is 506. The van der Waals surface area contributed by atoms with Gasteiger partial charge in [0.1, 0.15) is 5.56 Å². The van der Waals surface area contributed by atoms with E-state index < -0.39 is 0 Å². The molecular formula is C14H16N2O2. The van der Waals surface area contributed by atoms with Crippen molar-refractivity contribution >= 4 is 5.91 Å². The summed E-state index contributed by atoms with van der Waals surface area (Å²) in [6.07, 6.45) is 3.48. The van der Waals surface area contributed by atoms with Crippen molar-refractivity contribution in [2.75, 3.05) is 6.54 Å². The molecule has 0 saturated carbocycles. The molecule has 0 aliphatic heterocycles. The van der Waals surface area contributed by atoms with Crippen molar-refractivity contribution < 1.29 is 9.32 Å². The Morgan fingerprint density at radius 3 is 2.83 bits per heavy atom. The molecule has 1 N–H and O–H groups in total. The van der Waals surface area contributed by atoms with Crippen LogP contribution in [0.2, 0.25) is 0 Å². The number of hydrogen-bond acceptors (Lipinski definition) is 3. The number of nitrogens with one attached hydrogen (secondary N) is 1. The fraction of sp³-hybridized carbons (Fsp3) is 0.286. The zero-order valence-corrected chi connectivity index (χ0v) is 10.3. The Kier molecular flexibility index (Phi) is 4.12. The number of carbonyl (C=O) groups excluding carboxylic acids is 1. The number of hydrogen-bond donors (Lipinski definition) is 1. The molecule has 1 aromatic heterocycles. The highest BCUT2D eigenvalue weighted by Crippen LogP contribution is 2.22. The molecule has 0 bridgehead atoms. The zero-order chi connectivity index (χ0) is 12.8. The fourth-order valence-corrected chi connectivity index (χ4v) is 1.67. The minimum absolute atomic E-state index is 0.136. The summed E-state index contributed by atoms with van der Waals surface area (Å²) in [7, 11) is 0. The van der Waals surface area contributed by atoms with Crippen LogP contribution in [0.15, 0.2) is 41.1 Å². The fourth-order valence-electron chi connectivity index (χ4n) is 1.67. The van der Waals surface area contributed by atoms with Gasteiger partial charge in [-0.3, -0.25) is 4.79 Å². The average Bonchev–Trinajstić information content (AvgIpc) is 2.89. The number of amides is 1. The lowest BCUT2D eigenvalue weighted by Gasteiger charge is -2.03. The summed E-state index contributed by atoms with van der Waals surface area (Å²) in [6.45, 7) is 2.76. The first-order valence-corrected chi connectivity index (χ1v) is 6.11. The predicted molar refractivity (Wildman–Crippen MR) is 69.2 cm³/mol. The van der Waals surface area contributed by atoms with E-state index in [1.165, 1.54) is 6.20 Å². The van der Waals surface area contributed by atoms with Crippen LogP contribution < -0.4 is 5.32 Å². The maximum absolute atomic E-state index is 12.0. The highest BCUT2D eigenvalue weighted by atomic mass is 16.5. The van der Waals surface area contributed by atoms with Gasteiger partial charge in [0, 0.05) is 12.1 Å². The number of carbonyl (C=O) groups is 1. The normalized spacial score (nSPS) is 10.3. The predicted octanol–water partition coefficient (Wildman–Crippen LogP) is 2.87. The largest absolute Gasteiger partial charge is 0.355 e. The minimum Gasteiger partial charge on any atom is -0.355 e. The molecule has 0 unspecified atom stereocenters. The summed E-state index contributed by atoms with van der Waals surface area (Å²) in [5.74, 6) is 0.383. The highest BCUT2D eigenvalue weighted by Gasteiger charge is 2.16. The Morgan fingerprint density at radius 1 is 1.33 bits per heavy atom. The lowest BCUT2D eigenvalue weighted by atomic mass is 10.1. The van der Waals surface area contributed by atoms with E-state index in [0.717, 1.165) is 18.4 Å². The van der Waals surface area contributed by atoms with Crippen molar-refractivity contribution in [3.8, 4) is 11.3 Å². The van der Waals surface area contributed by atoms with Gasteiger partial charge in [-0.05, 0) is 6.42 Å². The molecule has 1 amide bonds. The van der Waals surface area contributed by atoms with Gasteiger partial charge in [-0.15, -0.1) is 0 Å². The first-order valence-electron chi connectivity index (χ1n) is 6.11. The summed E-state index contributed by atoms with van der Waals surface area (Å²) < 4.78 is 5.17. The molecule has 0 aliphatic carbocycles. The standard InChI is InChI=1S/C14H16N2O2/c1-2-3-9-15-14(17)12-10-16-18-13(12)11-7-5-4-6-8-11/h4-8,10H,2-3,9H2,1H3,(H,15,17). The van der Waals surface area contributed by atoms with Crippen LogP contribution in [0.3, 0.4) is 0 Å². The molecule has 0 fully saturated rings. The maximum atomic E-state index is 12.0. The number of aromatic nitrogens is 1. The van der Waals surface area contributed by atoms with E-state index in [4.69, 9.17) is 4.52 Å². The molecule has 0 atom stereocenters. The van der Waals surface area contributed by atoms with Gasteiger partial charge < -0.3 is 9.84 Å². The van der Waals surface area contributed by atoms with E-state index >= 15 is 0 Å². The van der Waals surface area contributed by atoms with E-state index in [9.17, 15) is 4.79 Å². The van der Waals surface area contributed by atoms with E-state index in [0.29, 0.717) is 17.9 Å². The molecule has 1 aromatic carbocycles. The lowest BCUT2D eigenvalue weighted by molar-refractivity contribution is 0.0953. The molecule has 94 valence electrons. The first kappa shape index (κ1) is 12.4. The number of rotatable bonds is 5. The molecule has 0 saturated heterocycles. The Labute approximate surface area is 106 Å². The quantitative estimate of drug-likeness (QED) is 0.823. The van der Waals surface area contributed by atoms with Crippen LogP contribution in [-0.2, 0) is 0 Å². The monoisotopic (exact) mass is 244 g/mol. The first-order chi connectivity index (χ1) is 8.83. The van der Waals surface area contributed by atoms with E-state index in [-0.39, 0.29) is 5.91 Å². The molecule has 2 aromatic rings. The highest BCUT2D eigenvalue weighted by molar-refractivity contribution is 5.99. The molecule has 0 aliphatic rings. The molecule has 18 heavy (non-hydrogen) atoms. The molecule has 1 heterocycles. The van der Waals surface area contributed by atoms with Crippen molar-refractivity contribution in [3.05, 3.63) is 42.1 Å². The summed E-state index contributed by atoms with van der Waals surface area (Å²) in [6, 6.07) is 9.50. The van der Waals surface area contributed by atoms with Crippen LogP contribution in [0.1, 0.15) is 30.1 Å². The second kappa shape index (κ2) is 6.00. The molecule has 4 heteroatoms. The average molecular weight is 244 g/mol. The van der Waals surface area contributed by atoms with Gasteiger partial charge in [0.25, 0.3) is 5.91 Å². The van der Waals surface area contributed by atoms with Crippen molar-refractivity contribution in [2.24, 2.45) is 0 Å². The molecule has 2 rings (SSSR count). The van der Waals surface area contributed by atoms with Gasteiger partial charge in [0.2, 0.25) is 0 Å². The summed E-state index contributed by atoms with van der Waals surface area (Å²) >= 11 is 0. The SMILES string of the molecule is CCCCNC(=O)c1cnoc1-c1ccccc1. The van der Waals surface area contributed by atoms with Gasteiger partial charge in [0.05, 0.1) is 6.20 Å². The van der Waals surface area contributed by atoms with Crippen LogP contribution in [0.4, 0.5) is 0 Å². The van der Waals surface area contributed by atoms with Crippen LogP contribution in [0, 0.1) is 0 Å². The van der Waals surface area contributed by atoms with Crippen LogP contribution >= 0.6 is 0 Å².